The summed E-state index contributed by atoms with van der Waals surface area (Å²) in [5, 5.41) is 0. The van der Waals surface area contributed by atoms with Gasteiger partial charge in [-0.1, -0.05) is 6.07 Å². The van der Waals surface area contributed by atoms with Gasteiger partial charge in [-0.15, -0.1) is 0 Å². The molecule has 2 aliphatic heterocycles. The second-order valence-electron chi connectivity index (χ2n) is 8.51. The molecular weight excluding hydrogens is 396 g/mol. The highest BCUT2D eigenvalue weighted by atomic mass is 16.5. The van der Waals surface area contributed by atoms with E-state index in [0.717, 1.165) is 29.7 Å². The van der Waals surface area contributed by atoms with Gasteiger partial charge in [0, 0.05) is 45.0 Å². The van der Waals surface area contributed by atoms with Crippen molar-refractivity contribution in [1.29, 1.82) is 0 Å². The number of nitrogens with zero attached hydrogens (tertiary/aromatic N) is 4. The van der Waals surface area contributed by atoms with Crippen LogP contribution in [0, 0.1) is 0 Å². The molecule has 162 valence electrons. The Kier molecular flexibility index (Phi) is 5.09. The van der Waals surface area contributed by atoms with Crippen molar-refractivity contribution in [2.24, 2.45) is 0 Å². The average Bonchev–Trinajstić information content (AvgIpc) is 3.64. The summed E-state index contributed by atoms with van der Waals surface area (Å²) in [7, 11) is 0. The number of rotatable bonds is 3. The minimum absolute atomic E-state index is 0.00841. The number of pyridine rings is 2. The first kappa shape index (κ1) is 19.9. The molecule has 0 bridgehead atoms. The van der Waals surface area contributed by atoms with E-state index in [1.165, 1.54) is 0 Å². The summed E-state index contributed by atoms with van der Waals surface area (Å²) in [5.74, 6) is -0.231. The monoisotopic (exact) mass is 422 g/mol. The smallest absolute Gasteiger partial charge is 0.263 e. The van der Waals surface area contributed by atoms with Gasteiger partial charge in [-0.3, -0.25) is 19.4 Å². The summed E-state index contributed by atoms with van der Waals surface area (Å²) in [6.45, 7) is 3.72. The highest BCUT2D eigenvalue weighted by Gasteiger charge is 2.35. The maximum Gasteiger partial charge on any atom is 0.263 e. The van der Waals surface area contributed by atoms with Crippen molar-refractivity contribution in [1.82, 2.24) is 19.4 Å². The zero-order valence-corrected chi connectivity index (χ0v) is 17.6. The third-order valence-electron chi connectivity index (χ3n) is 6.40. The Morgan fingerprint density at radius 1 is 1.16 bits per heavy atom. The van der Waals surface area contributed by atoms with Crippen LogP contribution in [0.2, 0.25) is 0 Å². The fourth-order valence-corrected chi connectivity index (χ4v) is 4.53. The maximum atomic E-state index is 13.6. The van der Waals surface area contributed by atoms with E-state index in [4.69, 9.17) is 4.74 Å². The lowest BCUT2D eigenvalue weighted by atomic mass is 9.95. The summed E-state index contributed by atoms with van der Waals surface area (Å²) >= 11 is 0. The topological polar surface area (TPSA) is 84.7 Å². The van der Waals surface area contributed by atoms with E-state index in [-0.39, 0.29) is 35.1 Å². The van der Waals surface area contributed by atoms with Crippen molar-refractivity contribution in [2.75, 3.05) is 26.2 Å². The average molecular weight is 422 g/mol. The number of hydrogen-bond donors (Lipinski definition) is 0. The van der Waals surface area contributed by atoms with Gasteiger partial charge < -0.3 is 19.1 Å². The highest BCUT2D eigenvalue weighted by molar-refractivity contribution is 5.96. The molecular formula is C23H26N4O4. The molecule has 2 amide bonds. The standard InChI is InChI=1S/C23H26N4O4/c1-15(28)25-9-7-18-16(12-25)13-27(17-5-6-17)23(30)21(18)22(29)26-10-11-31-20(14-26)19-4-2-3-8-24-19/h2-4,8,13,17,20H,5-7,9-12,14H2,1H3. The zero-order chi connectivity index (χ0) is 21.5. The van der Waals surface area contributed by atoms with Gasteiger partial charge in [0.15, 0.2) is 0 Å². The van der Waals surface area contributed by atoms with Gasteiger partial charge in [-0.25, -0.2) is 0 Å². The van der Waals surface area contributed by atoms with Gasteiger partial charge in [-0.05, 0) is 42.5 Å². The molecule has 1 saturated carbocycles. The van der Waals surface area contributed by atoms with E-state index >= 15 is 0 Å². The Balaban J connectivity index is 1.50. The van der Waals surface area contributed by atoms with Crippen molar-refractivity contribution >= 4 is 11.8 Å². The largest absolute Gasteiger partial charge is 0.368 e. The van der Waals surface area contributed by atoms with Crippen molar-refractivity contribution in [3.63, 3.8) is 0 Å². The van der Waals surface area contributed by atoms with Gasteiger partial charge >= 0.3 is 0 Å². The SMILES string of the molecule is CC(=O)N1CCc2c(cn(C3CC3)c(=O)c2C(=O)N2CCOC(c3ccccn3)C2)C1. The summed E-state index contributed by atoms with van der Waals surface area (Å²) < 4.78 is 7.57. The van der Waals surface area contributed by atoms with Crippen LogP contribution in [0.15, 0.2) is 35.4 Å². The Morgan fingerprint density at radius 2 is 2.00 bits per heavy atom. The first-order valence-electron chi connectivity index (χ1n) is 10.9. The van der Waals surface area contributed by atoms with Crippen molar-refractivity contribution in [3.05, 3.63) is 63.3 Å². The van der Waals surface area contributed by atoms with Gasteiger partial charge in [0.25, 0.3) is 11.5 Å². The lowest BCUT2D eigenvalue weighted by Gasteiger charge is -2.34. The number of ether oxygens (including phenoxy) is 1. The lowest BCUT2D eigenvalue weighted by molar-refractivity contribution is -0.129. The number of fused-ring (bicyclic) bond motifs is 1. The normalized spacial score (nSPS) is 21.0. The Labute approximate surface area is 180 Å². The van der Waals surface area contributed by atoms with Gasteiger partial charge in [0.2, 0.25) is 5.91 Å². The summed E-state index contributed by atoms with van der Waals surface area (Å²) in [4.78, 5) is 46.8. The number of hydrogen-bond acceptors (Lipinski definition) is 5. The molecule has 2 aromatic rings. The number of carbonyl (C=O) groups is 2. The predicted molar refractivity (Wildman–Crippen MR) is 113 cm³/mol. The van der Waals surface area contributed by atoms with Crippen LogP contribution in [0.25, 0.3) is 0 Å². The molecule has 1 saturated heterocycles. The highest BCUT2D eigenvalue weighted by Crippen LogP contribution is 2.35. The molecule has 1 atom stereocenters. The molecule has 1 aliphatic carbocycles. The van der Waals surface area contributed by atoms with Crippen LogP contribution in [-0.4, -0.2) is 57.4 Å². The Bertz CT molecular complexity index is 1080. The molecule has 0 N–H and O–H groups in total. The molecule has 3 aliphatic rings. The molecule has 1 unspecified atom stereocenters. The fourth-order valence-electron chi connectivity index (χ4n) is 4.53. The van der Waals surface area contributed by atoms with E-state index in [1.807, 2.05) is 24.4 Å². The molecule has 5 rings (SSSR count). The molecule has 2 fully saturated rings. The first-order chi connectivity index (χ1) is 15.0. The van der Waals surface area contributed by atoms with Gasteiger partial charge in [0.05, 0.1) is 18.8 Å². The van der Waals surface area contributed by atoms with E-state index in [0.29, 0.717) is 39.2 Å². The minimum Gasteiger partial charge on any atom is -0.368 e. The number of morpholine rings is 1. The fraction of sp³-hybridized carbons (Fsp3) is 0.478. The van der Waals surface area contributed by atoms with Crippen LogP contribution in [0.1, 0.15) is 59.1 Å². The molecule has 31 heavy (non-hydrogen) atoms. The lowest BCUT2D eigenvalue weighted by Crippen LogP contribution is -2.46. The molecule has 8 nitrogen and oxygen atoms in total. The van der Waals surface area contributed by atoms with Crippen LogP contribution < -0.4 is 5.56 Å². The molecule has 8 heteroatoms. The van der Waals surface area contributed by atoms with Crippen molar-refractivity contribution in [3.8, 4) is 0 Å². The van der Waals surface area contributed by atoms with E-state index in [2.05, 4.69) is 4.98 Å². The van der Waals surface area contributed by atoms with E-state index < -0.39 is 0 Å². The summed E-state index contributed by atoms with van der Waals surface area (Å²) in [6.07, 6.45) is 5.69. The van der Waals surface area contributed by atoms with Gasteiger partial charge in [-0.2, -0.15) is 0 Å². The number of amides is 2. The summed E-state index contributed by atoms with van der Waals surface area (Å²) in [5.41, 5.74) is 2.55. The molecule has 0 spiro atoms. The predicted octanol–water partition coefficient (Wildman–Crippen LogP) is 1.70. The van der Waals surface area contributed by atoms with Crippen LogP contribution in [0.4, 0.5) is 0 Å². The van der Waals surface area contributed by atoms with E-state index in [9.17, 15) is 14.4 Å². The Morgan fingerprint density at radius 3 is 2.71 bits per heavy atom. The van der Waals surface area contributed by atoms with Crippen molar-refractivity contribution < 1.29 is 14.3 Å². The molecule has 0 aromatic carbocycles. The minimum atomic E-state index is -0.308. The zero-order valence-electron chi connectivity index (χ0n) is 17.6. The second-order valence-corrected chi connectivity index (χ2v) is 8.51. The number of carbonyl (C=O) groups excluding carboxylic acids is 2. The van der Waals surface area contributed by atoms with Crippen molar-refractivity contribution in [2.45, 2.75) is 44.9 Å². The molecule has 0 radical (unpaired) electrons. The third-order valence-corrected chi connectivity index (χ3v) is 6.40. The van der Waals surface area contributed by atoms with Gasteiger partial charge in [0.1, 0.15) is 11.7 Å². The number of aromatic nitrogens is 2. The quantitative estimate of drug-likeness (QED) is 0.752. The van der Waals surface area contributed by atoms with Crippen LogP contribution in [0.5, 0.6) is 0 Å². The second kappa shape index (κ2) is 7.92. The Hall–Kier alpha value is -3.00. The third kappa shape index (κ3) is 3.76. The van der Waals surface area contributed by atoms with Crippen LogP contribution in [0.3, 0.4) is 0 Å². The van der Waals surface area contributed by atoms with Crippen LogP contribution in [-0.2, 0) is 22.5 Å². The molecule has 2 aromatic heterocycles. The first-order valence-corrected chi connectivity index (χ1v) is 10.9. The summed E-state index contributed by atoms with van der Waals surface area (Å²) in [6, 6.07) is 5.79. The maximum absolute atomic E-state index is 13.6. The molecule has 4 heterocycles. The van der Waals surface area contributed by atoms with E-state index in [1.54, 1.807) is 27.5 Å². The van der Waals surface area contributed by atoms with Crippen LogP contribution >= 0.6 is 0 Å².